The highest BCUT2D eigenvalue weighted by molar-refractivity contribution is 5.05. The van der Waals surface area contributed by atoms with Crippen LogP contribution in [0.3, 0.4) is 0 Å². The molecule has 0 unspecified atom stereocenters. The number of hydrogen-bond acceptors (Lipinski definition) is 4. The van der Waals surface area contributed by atoms with E-state index in [1.165, 1.54) is 0 Å². The normalized spacial score (nSPS) is 31.9. The molecule has 0 saturated carbocycles. The molecule has 0 fully saturated rings. The third kappa shape index (κ3) is 2.28. The molecule has 1 aliphatic rings. The van der Waals surface area contributed by atoms with Gasteiger partial charge in [-0.25, -0.2) is 0 Å². The number of nitrogens with zero attached hydrogens (tertiary/aromatic N) is 1. The molecular weight excluding hydrogens is 170 g/mol. The Balaban J connectivity index is 2.54. The van der Waals surface area contributed by atoms with Crippen molar-refractivity contribution in [3.63, 3.8) is 0 Å². The van der Waals surface area contributed by atoms with E-state index in [4.69, 9.17) is 19.5 Å². The molecule has 4 nitrogen and oxygen atoms in total. The molecule has 0 aromatic rings. The van der Waals surface area contributed by atoms with Gasteiger partial charge in [0.25, 0.3) is 0 Å². The van der Waals surface area contributed by atoms with Gasteiger partial charge in [-0.05, 0) is 12.2 Å². The highest BCUT2D eigenvalue weighted by Crippen LogP contribution is 2.28. The van der Waals surface area contributed by atoms with Crippen molar-refractivity contribution in [2.75, 3.05) is 14.2 Å². The Kier molecular flexibility index (Phi) is 3.43. The number of rotatable bonds is 4. The van der Waals surface area contributed by atoms with Gasteiger partial charge in [0, 0.05) is 27.1 Å². The molecule has 0 spiro atoms. The lowest BCUT2D eigenvalue weighted by atomic mass is 10.1. The van der Waals surface area contributed by atoms with E-state index >= 15 is 0 Å². The average molecular weight is 183 g/mol. The minimum absolute atomic E-state index is 0.362. The van der Waals surface area contributed by atoms with Crippen LogP contribution in [0.2, 0.25) is 0 Å². The molecule has 2 atom stereocenters. The van der Waals surface area contributed by atoms with Crippen LogP contribution in [0, 0.1) is 11.3 Å². The molecule has 0 aromatic carbocycles. The second-order valence-electron chi connectivity index (χ2n) is 2.76. The molecule has 0 saturated heterocycles. The number of ether oxygens (including phenoxy) is 3. The fourth-order valence-corrected chi connectivity index (χ4v) is 1.22. The molecule has 0 aromatic heterocycles. The summed E-state index contributed by atoms with van der Waals surface area (Å²) in [6, 6.07) is 2.05. The summed E-state index contributed by atoms with van der Waals surface area (Å²) in [5, 5.41) is 8.44. The van der Waals surface area contributed by atoms with Crippen LogP contribution in [0.5, 0.6) is 0 Å². The van der Waals surface area contributed by atoms with Crippen molar-refractivity contribution < 1.29 is 14.2 Å². The fraction of sp³-hybridized carbons (Fsp3) is 0.667. The van der Waals surface area contributed by atoms with Crippen LogP contribution >= 0.6 is 0 Å². The lowest BCUT2D eigenvalue weighted by molar-refractivity contribution is -0.244. The highest BCUT2D eigenvalue weighted by atomic mass is 16.8. The van der Waals surface area contributed by atoms with Gasteiger partial charge < -0.3 is 14.2 Å². The van der Waals surface area contributed by atoms with Crippen LogP contribution in [0.15, 0.2) is 12.2 Å². The van der Waals surface area contributed by atoms with Gasteiger partial charge in [0.05, 0.1) is 6.07 Å². The number of methoxy groups -OCH3 is 2. The summed E-state index contributed by atoms with van der Waals surface area (Å²) in [4.78, 5) is 0. The first-order chi connectivity index (χ1) is 6.26. The van der Waals surface area contributed by atoms with Crippen molar-refractivity contribution in [2.24, 2.45) is 0 Å². The van der Waals surface area contributed by atoms with Gasteiger partial charge in [-0.1, -0.05) is 0 Å². The second kappa shape index (κ2) is 4.38. The standard InChI is InChI=1S/C9H13NO3/c1-11-8-4-6-9(12-2,13-8)5-3-7-10/h4,6,8H,3,5H2,1-2H3/t8-,9+/m0/s1. The predicted molar refractivity (Wildman–Crippen MR) is 45.6 cm³/mol. The average Bonchev–Trinajstić information content (AvgIpc) is 2.59. The Morgan fingerprint density at radius 2 is 2.38 bits per heavy atom. The molecule has 1 rings (SSSR count). The Morgan fingerprint density at radius 3 is 2.85 bits per heavy atom. The van der Waals surface area contributed by atoms with Crippen LogP contribution < -0.4 is 0 Å². The van der Waals surface area contributed by atoms with Crippen molar-refractivity contribution in [1.82, 2.24) is 0 Å². The van der Waals surface area contributed by atoms with Crippen LogP contribution in [0.1, 0.15) is 12.8 Å². The molecule has 0 radical (unpaired) electrons. The summed E-state index contributed by atoms with van der Waals surface area (Å²) in [6.45, 7) is 0. The fourth-order valence-electron chi connectivity index (χ4n) is 1.22. The van der Waals surface area contributed by atoms with Gasteiger partial charge in [0.15, 0.2) is 12.1 Å². The van der Waals surface area contributed by atoms with Crippen LogP contribution in [-0.2, 0) is 14.2 Å². The van der Waals surface area contributed by atoms with Gasteiger partial charge in [0.1, 0.15) is 0 Å². The van der Waals surface area contributed by atoms with Crippen LogP contribution in [-0.4, -0.2) is 26.3 Å². The summed E-state index contributed by atoms with van der Waals surface area (Å²) in [6.07, 6.45) is 4.13. The third-order valence-corrected chi connectivity index (χ3v) is 1.99. The Hall–Kier alpha value is -0.890. The molecule has 1 aliphatic heterocycles. The van der Waals surface area contributed by atoms with E-state index in [0.717, 1.165) is 0 Å². The van der Waals surface area contributed by atoms with E-state index < -0.39 is 5.79 Å². The van der Waals surface area contributed by atoms with Gasteiger partial charge in [-0.3, -0.25) is 0 Å². The van der Waals surface area contributed by atoms with E-state index in [1.807, 2.05) is 0 Å². The summed E-state index contributed by atoms with van der Waals surface area (Å²) >= 11 is 0. The van der Waals surface area contributed by atoms with Gasteiger partial charge >= 0.3 is 0 Å². The second-order valence-corrected chi connectivity index (χ2v) is 2.76. The topological polar surface area (TPSA) is 51.5 Å². The molecule has 4 heteroatoms. The monoisotopic (exact) mass is 183 g/mol. The number of nitriles is 1. The molecule has 72 valence electrons. The van der Waals surface area contributed by atoms with Gasteiger partial charge in [-0.2, -0.15) is 5.26 Å². The van der Waals surface area contributed by atoms with Gasteiger partial charge in [0.2, 0.25) is 0 Å². The molecule has 1 heterocycles. The lowest BCUT2D eigenvalue weighted by Gasteiger charge is -2.25. The lowest BCUT2D eigenvalue weighted by Crippen LogP contribution is -2.32. The zero-order chi connectivity index (χ0) is 9.73. The summed E-state index contributed by atoms with van der Waals surface area (Å²) < 4.78 is 15.6. The molecule has 13 heavy (non-hydrogen) atoms. The molecule has 0 N–H and O–H groups in total. The van der Waals surface area contributed by atoms with Crippen molar-refractivity contribution in [3.8, 4) is 6.07 Å². The zero-order valence-corrected chi connectivity index (χ0v) is 7.82. The SMILES string of the molecule is CO[C@@H]1C=C[C@](CCC#N)(OC)O1. The van der Waals surface area contributed by atoms with Crippen molar-refractivity contribution in [1.29, 1.82) is 5.26 Å². The van der Waals surface area contributed by atoms with E-state index in [2.05, 4.69) is 6.07 Å². The first kappa shape index (κ1) is 10.2. The Labute approximate surface area is 77.7 Å². The first-order valence-electron chi connectivity index (χ1n) is 4.08. The Bertz CT molecular complexity index is 234. The third-order valence-electron chi connectivity index (χ3n) is 1.99. The summed E-state index contributed by atoms with van der Waals surface area (Å²) in [5.74, 6) is -0.767. The smallest absolute Gasteiger partial charge is 0.191 e. The van der Waals surface area contributed by atoms with E-state index in [9.17, 15) is 0 Å². The summed E-state index contributed by atoms with van der Waals surface area (Å²) in [7, 11) is 3.12. The minimum atomic E-state index is -0.767. The zero-order valence-electron chi connectivity index (χ0n) is 7.82. The molecule has 0 bridgehead atoms. The number of hydrogen-bond donors (Lipinski definition) is 0. The van der Waals surface area contributed by atoms with E-state index in [-0.39, 0.29) is 6.29 Å². The predicted octanol–water partition coefficient (Wildman–Crippen LogP) is 1.19. The molecule has 0 aliphatic carbocycles. The van der Waals surface area contributed by atoms with E-state index in [0.29, 0.717) is 12.8 Å². The minimum Gasteiger partial charge on any atom is -0.352 e. The van der Waals surface area contributed by atoms with Crippen molar-refractivity contribution in [3.05, 3.63) is 12.2 Å². The Morgan fingerprint density at radius 1 is 1.62 bits per heavy atom. The van der Waals surface area contributed by atoms with Crippen molar-refractivity contribution >= 4 is 0 Å². The van der Waals surface area contributed by atoms with E-state index in [1.54, 1.807) is 26.4 Å². The summed E-state index contributed by atoms with van der Waals surface area (Å²) in [5.41, 5.74) is 0. The largest absolute Gasteiger partial charge is 0.352 e. The van der Waals surface area contributed by atoms with Crippen LogP contribution in [0.25, 0.3) is 0 Å². The van der Waals surface area contributed by atoms with Crippen LogP contribution in [0.4, 0.5) is 0 Å². The van der Waals surface area contributed by atoms with Gasteiger partial charge in [-0.15, -0.1) is 0 Å². The maximum Gasteiger partial charge on any atom is 0.191 e. The highest BCUT2D eigenvalue weighted by Gasteiger charge is 2.35. The molecule has 0 amide bonds. The quantitative estimate of drug-likeness (QED) is 0.614. The molecular formula is C9H13NO3. The maximum atomic E-state index is 8.44. The maximum absolute atomic E-state index is 8.44. The van der Waals surface area contributed by atoms with Crippen molar-refractivity contribution in [2.45, 2.75) is 24.9 Å². The first-order valence-corrected chi connectivity index (χ1v) is 4.08.